The quantitative estimate of drug-likeness (QED) is 0.819. The van der Waals surface area contributed by atoms with Gasteiger partial charge in [-0.25, -0.2) is 9.78 Å². The molecule has 1 aromatic heterocycles. The normalized spacial score (nSPS) is 20.3. The largest absolute Gasteiger partial charge is 0.494 e. The number of fused-ring (bicyclic) bond motifs is 1. The van der Waals surface area contributed by atoms with E-state index in [9.17, 15) is 14.7 Å². The Balaban J connectivity index is 1.67. The molecule has 1 fully saturated rings. The second-order valence-corrected chi connectivity index (χ2v) is 5.16. The number of carbonyl (C=O) groups excluding carboxylic acids is 1. The van der Waals surface area contributed by atoms with E-state index in [1.54, 1.807) is 6.08 Å². The number of carbonyl (C=O) groups is 2. The fourth-order valence-electron chi connectivity index (χ4n) is 2.37. The molecule has 120 valence electrons. The maximum Gasteiger partial charge on any atom is 0.326 e. The minimum Gasteiger partial charge on any atom is -0.494 e. The molecule has 1 amide bonds. The Morgan fingerprint density at radius 2 is 2.30 bits per heavy atom. The average Bonchev–Trinajstić information content (AvgIpc) is 3.02. The number of ether oxygens (including phenoxy) is 2. The minimum absolute atomic E-state index is 0.0603. The summed E-state index contributed by atoms with van der Waals surface area (Å²) in [7, 11) is 0. The van der Waals surface area contributed by atoms with Crippen LogP contribution in [0.2, 0.25) is 0 Å². The van der Waals surface area contributed by atoms with Gasteiger partial charge in [-0.05, 0) is 11.6 Å². The Morgan fingerprint density at radius 3 is 3.04 bits per heavy atom. The highest BCUT2D eigenvalue weighted by Crippen LogP contribution is 2.28. The first-order valence-corrected chi connectivity index (χ1v) is 7.12. The van der Waals surface area contributed by atoms with Gasteiger partial charge in [0.05, 0.1) is 19.1 Å². The molecule has 8 nitrogen and oxygen atoms in total. The van der Waals surface area contributed by atoms with Gasteiger partial charge in [0.1, 0.15) is 17.5 Å². The first-order chi connectivity index (χ1) is 11.1. The van der Waals surface area contributed by atoms with Crippen molar-refractivity contribution in [3.8, 4) is 0 Å². The van der Waals surface area contributed by atoms with Crippen LogP contribution in [0, 0.1) is 0 Å². The number of carboxylic acids is 1. The van der Waals surface area contributed by atoms with Gasteiger partial charge in [0.25, 0.3) is 5.91 Å². The number of aliphatic carboxylic acids is 1. The molecule has 23 heavy (non-hydrogen) atoms. The van der Waals surface area contributed by atoms with E-state index in [1.807, 2.05) is 0 Å². The molecule has 3 heterocycles. The van der Waals surface area contributed by atoms with Crippen molar-refractivity contribution in [2.75, 3.05) is 6.61 Å². The summed E-state index contributed by atoms with van der Waals surface area (Å²) >= 11 is 0. The average molecular weight is 317 g/mol. The van der Waals surface area contributed by atoms with Gasteiger partial charge in [0, 0.05) is 25.2 Å². The van der Waals surface area contributed by atoms with Gasteiger partial charge in [0.2, 0.25) is 0 Å². The predicted octanol–water partition coefficient (Wildman–Crippen LogP) is 0.637. The standard InChI is InChI=1S/C15H15N3O5/c19-14(11-7-16-2-3-17-11)18-10(15(20)21)5-9-6-13-12(23-8-9)1-4-22-13/h2-3,6-8,10,12H,1,4-5H2,(H,18,19)(H,20,21). The van der Waals surface area contributed by atoms with Crippen LogP contribution in [0.3, 0.4) is 0 Å². The van der Waals surface area contributed by atoms with E-state index in [4.69, 9.17) is 9.47 Å². The summed E-state index contributed by atoms with van der Waals surface area (Å²) in [6, 6.07) is -1.10. The summed E-state index contributed by atoms with van der Waals surface area (Å²) in [4.78, 5) is 31.0. The molecule has 1 aromatic rings. The lowest BCUT2D eigenvalue weighted by molar-refractivity contribution is -0.139. The number of rotatable bonds is 5. The van der Waals surface area contributed by atoms with E-state index >= 15 is 0 Å². The van der Waals surface area contributed by atoms with Gasteiger partial charge >= 0.3 is 5.97 Å². The molecular formula is C15H15N3O5. The van der Waals surface area contributed by atoms with Gasteiger partial charge in [-0.1, -0.05) is 0 Å². The number of nitrogens with one attached hydrogen (secondary N) is 1. The summed E-state index contributed by atoms with van der Waals surface area (Å²) in [5.41, 5.74) is 0.704. The smallest absolute Gasteiger partial charge is 0.326 e. The van der Waals surface area contributed by atoms with Gasteiger partial charge < -0.3 is 19.9 Å². The third kappa shape index (κ3) is 3.47. The SMILES string of the molecule is O=C(NC(CC1=COC2CCOC2=C1)C(=O)O)c1cnccn1. The fourth-order valence-corrected chi connectivity index (χ4v) is 2.37. The van der Waals surface area contributed by atoms with E-state index < -0.39 is 17.9 Å². The molecule has 1 saturated heterocycles. The van der Waals surface area contributed by atoms with Crippen LogP contribution >= 0.6 is 0 Å². The fraction of sp³-hybridized carbons (Fsp3) is 0.333. The van der Waals surface area contributed by atoms with E-state index in [1.165, 1.54) is 24.9 Å². The predicted molar refractivity (Wildman–Crippen MR) is 77.1 cm³/mol. The molecule has 2 aliphatic heterocycles. The Hall–Kier alpha value is -2.90. The number of hydrogen-bond donors (Lipinski definition) is 2. The van der Waals surface area contributed by atoms with Crippen LogP contribution in [-0.4, -0.2) is 45.7 Å². The Kier molecular flexibility index (Phi) is 4.22. The maximum atomic E-state index is 12.0. The maximum absolute atomic E-state index is 12.0. The van der Waals surface area contributed by atoms with Crippen molar-refractivity contribution in [2.24, 2.45) is 0 Å². The Morgan fingerprint density at radius 1 is 1.43 bits per heavy atom. The lowest BCUT2D eigenvalue weighted by Gasteiger charge is -2.20. The number of hydrogen-bond acceptors (Lipinski definition) is 6. The molecule has 2 aliphatic rings. The van der Waals surface area contributed by atoms with Crippen LogP contribution in [0.15, 0.2) is 42.3 Å². The first-order valence-electron chi connectivity index (χ1n) is 7.12. The van der Waals surface area contributed by atoms with Crippen LogP contribution in [0.4, 0.5) is 0 Å². The molecule has 8 heteroatoms. The third-order valence-corrected chi connectivity index (χ3v) is 3.52. The zero-order chi connectivity index (χ0) is 16.2. The Labute approximate surface area is 131 Å². The van der Waals surface area contributed by atoms with Gasteiger partial charge in [-0.3, -0.25) is 9.78 Å². The molecule has 0 bridgehead atoms. The first kappa shape index (κ1) is 15.0. The van der Waals surface area contributed by atoms with Crippen LogP contribution in [0.25, 0.3) is 0 Å². The van der Waals surface area contributed by atoms with E-state index in [0.29, 0.717) is 17.9 Å². The van der Waals surface area contributed by atoms with Gasteiger partial charge in [-0.2, -0.15) is 0 Å². The zero-order valence-electron chi connectivity index (χ0n) is 12.1. The van der Waals surface area contributed by atoms with Crippen LogP contribution < -0.4 is 5.32 Å². The molecule has 2 atom stereocenters. The Bertz CT molecular complexity index is 671. The highest BCUT2D eigenvalue weighted by Gasteiger charge is 2.29. The molecule has 2 N–H and O–H groups in total. The number of nitrogens with zero attached hydrogens (tertiary/aromatic N) is 2. The van der Waals surface area contributed by atoms with Crippen molar-refractivity contribution < 1.29 is 24.2 Å². The van der Waals surface area contributed by atoms with Crippen molar-refractivity contribution in [3.05, 3.63) is 48.0 Å². The number of amides is 1. The lowest BCUT2D eigenvalue weighted by atomic mass is 10.0. The molecule has 0 aliphatic carbocycles. The number of aromatic nitrogens is 2. The van der Waals surface area contributed by atoms with Crippen LogP contribution in [0.1, 0.15) is 23.3 Å². The van der Waals surface area contributed by atoms with Crippen molar-refractivity contribution in [1.29, 1.82) is 0 Å². The zero-order valence-corrected chi connectivity index (χ0v) is 12.1. The van der Waals surface area contributed by atoms with Crippen molar-refractivity contribution in [3.63, 3.8) is 0 Å². The molecule has 0 spiro atoms. The van der Waals surface area contributed by atoms with Crippen LogP contribution in [-0.2, 0) is 14.3 Å². The van der Waals surface area contributed by atoms with E-state index in [0.717, 1.165) is 6.42 Å². The summed E-state index contributed by atoms with van der Waals surface area (Å²) in [5, 5.41) is 11.7. The van der Waals surface area contributed by atoms with Gasteiger partial charge in [0.15, 0.2) is 6.10 Å². The highest BCUT2D eigenvalue weighted by molar-refractivity contribution is 5.94. The van der Waals surface area contributed by atoms with Crippen molar-refractivity contribution >= 4 is 11.9 Å². The summed E-state index contributed by atoms with van der Waals surface area (Å²) < 4.78 is 10.9. The molecular weight excluding hydrogens is 302 g/mol. The molecule has 0 radical (unpaired) electrons. The second kappa shape index (κ2) is 6.47. The van der Waals surface area contributed by atoms with E-state index in [-0.39, 0.29) is 18.2 Å². The van der Waals surface area contributed by atoms with E-state index in [2.05, 4.69) is 15.3 Å². The molecule has 2 unspecified atom stereocenters. The summed E-state index contributed by atoms with van der Waals surface area (Å²) in [6.45, 7) is 0.587. The summed E-state index contributed by atoms with van der Waals surface area (Å²) in [6.07, 6.45) is 8.14. The third-order valence-electron chi connectivity index (χ3n) is 3.52. The molecule has 0 saturated carbocycles. The monoisotopic (exact) mass is 317 g/mol. The minimum atomic E-state index is -1.14. The summed E-state index contributed by atoms with van der Waals surface area (Å²) in [5.74, 6) is -1.03. The van der Waals surface area contributed by atoms with Gasteiger partial charge in [-0.15, -0.1) is 0 Å². The van der Waals surface area contributed by atoms with Crippen molar-refractivity contribution in [1.82, 2.24) is 15.3 Å². The number of carboxylic acid groups (broad SMARTS) is 1. The molecule has 3 rings (SSSR count). The lowest BCUT2D eigenvalue weighted by Crippen LogP contribution is -2.41. The second-order valence-electron chi connectivity index (χ2n) is 5.16. The highest BCUT2D eigenvalue weighted by atomic mass is 16.5. The number of allylic oxidation sites excluding steroid dienone is 1. The topological polar surface area (TPSA) is 111 Å². The molecule has 0 aromatic carbocycles. The van der Waals surface area contributed by atoms with Crippen LogP contribution in [0.5, 0.6) is 0 Å². The van der Waals surface area contributed by atoms with Crippen molar-refractivity contribution in [2.45, 2.75) is 25.0 Å².